The van der Waals surface area contributed by atoms with Crippen LogP contribution in [0.3, 0.4) is 0 Å². The summed E-state index contributed by atoms with van der Waals surface area (Å²) in [6.07, 6.45) is 0. The standard InChI is InChI=1S/C17H15N3O3/c1-11-5-3-4-6-14(11)20(2)17(22)16-19-18-15(23-16)12-7-9-13(21)10-8-12/h3-10,21H,1-2H3. The third-order valence-electron chi connectivity index (χ3n) is 3.50. The third kappa shape index (κ3) is 2.91. The number of aromatic nitrogens is 2. The molecule has 23 heavy (non-hydrogen) atoms. The Morgan fingerprint density at radius 2 is 1.78 bits per heavy atom. The number of hydrogen-bond donors (Lipinski definition) is 1. The lowest BCUT2D eigenvalue weighted by atomic mass is 10.2. The number of phenolic OH excluding ortho intramolecular Hbond substituents is 1. The van der Waals surface area contributed by atoms with E-state index in [1.807, 2.05) is 31.2 Å². The van der Waals surface area contributed by atoms with Crippen LogP contribution in [-0.2, 0) is 0 Å². The Kier molecular flexibility index (Phi) is 3.80. The summed E-state index contributed by atoms with van der Waals surface area (Å²) in [5.74, 6) is -0.0916. The number of nitrogens with zero attached hydrogens (tertiary/aromatic N) is 3. The summed E-state index contributed by atoms with van der Waals surface area (Å²) in [4.78, 5) is 14.0. The second kappa shape index (κ2) is 5.92. The van der Waals surface area contributed by atoms with Gasteiger partial charge in [-0.1, -0.05) is 18.2 Å². The smallest absolute Gasteiger partial charge is 0.315 e. The first kappa shape index (κ1) is 14.8. The highest BCUT2D eigenvalue weighted by atomic mass is 16.4. The summed E-state index contributed by atoms with van der Waals surface area (Å²) in [5, 5.41) is 17.0. The molecule has 3 rings (SSSR count). The van der Waals surface area contributed by atoms with Gasteiger partial charge in [-0.2, -0.15) is 0 Å². The molecule has 1 heterocycles. The van der Waals surface area contributed by atoms with E-state index in [9.17, 15) is 9.90 Å². The number of hydrogen-bond acceptors (Lipinski definition) is 5. The highest BCUT2D eigenvalue weighted by Gasteiger charge is 2.21. The lowest BCUT2D eigenvalue weighted by molar-refractivity contribution is 0.0960. The number of aromatic hydroxyl groups is 1. The average molecular weight is 309 g/mol. The maximum Gasteiger partial charge on any atom is 0.315 e. The number of aryl methyl sites for hydroxylation is 1. The van der Waals surface area contributed by atoms with Crippen molar-refractivity contribution < 1.29 is 14.3 Å². The monoisotopic (exact) mass is 309 g/mol. The van der Waals surface area contributed by atoms with Gasteiger partial charge in [0.25, 0.3) is 0 Å². The van der Waals surface area contributed by atoms with Crippen molar-refractivity contribution in [1.29, 1.82) is 0 Å². The van der Waals surface area contributed by atoms with Crippen LogP contribution in [0.2, 0.25) is 0 Å². The van der Waals surface area contributed by atoms with E-state index in [2.05, 4.69) is 10.2 Å². The topological polar surface area (TPSA) is 79.5 Å². The molecule has 0 aliphatic rings. The van der Waals surface area contributed by atoms with E-state index in [1.165, 1.54) is 17.0 Å². The number of carbonyl (C=O) groups is 1. The first-order valence-corrected chi connectivity index (χ1v) is 7.03. The SMILES string of the molecule is Cc1ccccc1N(C)C(=O)c1nnc(-c2ccc(O)cc2)o1. The van der Waals surface area contributed by atoms with Crippen LogP contribution in [0, 0.1) is 6.92 Å². The van der Waals surface area contributed by atoms with Crippen molar-refractivity contribution in [2.24, 2.45) is 0 Å². The lowest BCUT2D eigenvalue weighted by Crippen LogP contribution is -2.27. The molecule has 3 aromatic rings. The highest BCUT2D eigenvalue weighted by Crippen LogP contribution is 2.23. The molecule has 116 valence electrons. The quantitative estimate of drug-likeness (QED) is 0.804. The van der Waals surface area contributed by atoms with Gasteiger partial charge in [0.1, 0.15) is 5.75 Å². The van der Waals surface area contributed by atoms with Crippen molar-refractivity contribution in [3.05, 3.63) is 60.0 Å². The van der Waals surface area contributed by atoms with Crippen molar-refractivity contribution in [1.82, 2.24) is 10.2 Å². The minimum atomic E-state index is -0.378. The van der Waals surface area contributed by atoms with E-state index in [1.54, 1.807) is 19.2 Å². The summed E-state index contributed by atoms with van der Waals surface area (Å²) >= 11 is 0. The van der Waals surface area contributed by atoms with Gasteiger partial charge in [0.05, 0.1) is 0 Å². The molecule has 0 spiro atoms. The first-order valence-electron chi connectivity index (χ1n) is 7.03. The Balaban J connectivity index is 1.86. The van der Waals surface area contributed by atoms with Crippen LogP contribution in [0.4, 0.5) is 5.69 Å². The van der Waals surface area contributed by atoms with Crippen LogP contribution in [0.1, 0.15) is 16.2 Å². The first-order chi connectivity index (χ1) is 11.1. The van der Waals surface area contributed by atoms with Gasteiger partial charge in [-0.15, -0.1) is 10.2 Å². The summed E-state index contributed by atoms with van der Waals surface area (Å²) in [6.45, 7) is 1.93. The zero-order valence-electron chi connectivity index (χ0n) is 12.7. The lowest BCUT2D eigenvalue weighted by Gasteiger charge is -2.17. The predicted octanol–water partition coefficient (Wildman–Crippen LogP) is 3.03. The van der Waals surface area contributed by atoms with Gasteiger partial charge in [-0.3, -0.25) is 4.79 Å². The fourth-order valence-electron chi connectivity index (χ4n) is 2.22. The molecule has 0 saturated carbocycles. The zero-order chi connectivity index (χ0) is 16.4. The molecule has 2 aromatic carbocycles. The molecule has 1 amide bonds. The number of amides is 1. The fourth-order valence-corrected chi connectivity index (χ4v) is 2.22. The van der Waals surface area contributed by atoms with E-state index in [0.29, 0.717) is 5.56 Å². The Morgan fingerprint density at radius 3 is 2.48 bits per heavy atom. The van der Waals surface area contributed by atoms with Gasteiger partial charge in [-0.25, -0.2) is 0 Å². The van der Waals surface area contributed by atoms with Gasteiger partial charge in [0.15, 0.2) is 0 Å². The summed E-state index contributed by atoms with van der Waals surface area (Å²) in [5.41, 5.74) is 2.39. The summed E-state index contributed by atoms with van der Waals surface area (Å²) < 4.78 is 5.46. The van der Waals surface area contributed by atoms with Gasteiger partial charge in [0, 0.05) is 18.3 Å². The van der Waals surface area contributed by atoms with Crippen LogP contribution >= 0.6 is 0 Å². The van der Waals surface area contributed by atoms with E-state index in [4.69, 9.17) is 4.42 Å². The van der Waals surface area contributed by atoms with Crippen molar-refractivity contribution in [3.8, 4) is 17.2 Å². The number of phenols is 1. The molecule has 0 fully saturated rings. The molecule has 0 saturated heterocycles. The van der Waals surface area contributed by atoms with E-state index in [0.717, 1.165) is 11.3 Å². The zero-order valence-corrected chi connectivity index (χ0v) is 12.7. The molecule has 0 radical (unpaired) electrons. The Hall–Kier alpha value is -3.15. The Morgan fingerprint density at radius 1 is 1.09 bits per heavy atom. The molecule has 0 atom stereocenters. The Bertz CT molecular complexity index is 840. The Labute approximate surface area is 133 Å². The largest absolute Gasteiger partial charge is 0.508 e. The third-order valence-corrected chi connectivity index (χ3v) is 3.50. The number of carbonyl (C=O) groups excluding carboxylic acids is 1. The van der Waals surface area contributed by atoms with Crippen molar-refractivity contribution in [2.45, 2.75) is 6.92 Å². The normalized spacial score (nSPS) is 10.5. The molecular formula is C17H15N3O3. The van der Waals surface area contributed by atoms with Crippen molar-refractivity contribution in [3.63, 3.8) is 0 Å². The molecule has 0 aliphatic carbocycles. The van der Waals surface area contributed by atoms with Crippen molar-refractivity contribution >= 4 is 11.6 Å². The van der Waals surface area contributed by atoms with E-state index < -0.39 is 0 Å². The average Bonchev–Trinajstić information content (AvgIpc) is 3.04. The molecule has 0 bridgehead atoms. The number of benzene rings is 2. The van der Waals surface area contributed by atoms with Gasteiger partial charge < -0.3 is 14.4 Å². The van der Waals surface area contributed by atoms with E-state index >= 15 is 0 Å². The second-order valence-corrected chi connectivity index (χ2v) is 5.11. The van der Waals surface area contributed by atoms with Crippen molar-refractivity contribution in [2.75, 3.05) is 11.9 Å². The maximum absolute atomic E-state index is 12.5. The molecule has 0 aliphatic heterocycles. The molecule has 6 nitrogen and oxygen atoms in total. The number of para-hydroxylation sites is 1. The molecule has 1 aromatic heterocycles. The highest BCUT2D eigenvalue weighted by molar-refractivity contribution is 6.03. The predicted molar refractivity (Wildman–Crippen MR) is 85.3 cm³/mol. The fraction of sp³-hybridized carbons (Fsp3) is 0.118. The van der Waals surface area contributed by atoms with Crippen LogP contribution in [0.15, 0.2) is 52.9 Å². The molecular weight excluding hydrogens is 294 g/mol. The van der Waals surface area contributed by atoms with Gasteiger partial charge >= 0.3 is 11.8 Å². The molecule has 1 N–H and O–H groups in total. The van der Waals surface area contributed by atoms with Crippen LogP contribution in [-0.4, -0.2) is 28.3 Å². The van der Waals surface area contributed by atoms with Crippen LogP contribution in [0.25, 0.3) is 11.5 Å². The minimum absolute atomic E-state index is 0.0844. The minimum Gasteiger partial charge on any atom is -0.508 e. The maximum atomic E-state index is 12.5. The van der Waals surface area contributed by atoms with E-state index in [-0.39, 0.29) is 23.4 Å². The van der Waals surface area contributed by atoms with Crippen LogP contribution in [0.5, 0.6) is 5.75 Å². The van der Waals surface area contributed by atoms with Crippen LogP contribution < -0.4 is 4.90 Å². The second-order valence-electron chi connectivity index (χ2n) is 5.11. The number of rotatable bonds is 3. The van der Waals surface area contributed by atoms with Gasteiger partial charge in [-0.05, 0) is 42.8 Å². The number of anilines is 1. The van der Waals surface area contributed by atoms with Gasteiger partial charge in [0.2, 0.25) is 5.89 Å². The molecule has 6 heteroatoms. The summed E-state index contributed by atoms with van der Waals surface area (Å²) in [6, 6.07) is 13.9. The summed E-state index contributed by atoms with van der Waals surface area (Å²) in [7, 11) is 1.66. The molecule has 0 unspecified atom stereocenters.